The van der Waals surface area contributed by atoms with E-state index >= 15 is 0 Å². The highest BCUT2D eigenvalue weighted by atomic mass is 32.2. The van der Waals surface area contributed by atoms with E-state index in [2.05, 4.69) is 9.71 Å². The number of unbranched alkanes of at least 4 members (excludes halogenated alkanes) is 1. The van der Waals surface area contributed by atoms with Crippen LogP contribution in [0.1, 0.15) is 55.9 Å². The Bertz CT molecular complexity index is 1420. The van der Waals surface area contributed by atoms with Gasteiger partial charge in [0, 0.05) is 18.5 Å². The quantitative estimate of drug-likeness (QED) is 0.568. The van der Waals surface area contributed by atoms with Crippen LogP contribution < -0.4 is 15.0 Å². The Kier molecular flexibility index (Phi) is 5.76. The molecule has 3 aromatic rings. The van der Waals surface area contributed by atoms with Crippen LogP contribution in [0.5, 0.6) is 5.75 Å². The van der Waals surface area contributed by atoms with Gasteiger partial charge in [-0.3, -0.25) is 9.36 Å². The van der Waals surface area contributed by atoms with Crippen molar-refractivity contribution in [1.29, 1.82) is 0 Å². The molecule has 176 valence electrons. The number of sulfonamides is 1. The number of nitrogens with one attached hydrogen (secondary N) is 1. The van der Waals surface area contributed by atoms with Crippen LogP contribution in [0, 0.1) is 20.8 Å². The summed E-state index contributed by atoms with van der Waals surface area (Å²) >= 11 is 0. The van der Waals surface area contributed by atoms with Crippen LogP contribution in [-0.4, -0.2) is 23.6 Å². The first-order valence-electron chi connectivity index (χ1n) is 11.3. The van der Waals surface area contributed by atoms with Crippen molar-refractivity contribution in [3.05, 3.63) is 56.9 Å². The van der Waals surface area contributed by atoms with Crippen LogP contribution in [0.15, 0.2) is 34.0 Å². The highest BCUT2D eigenvalue weighted by molar-refractivity contribution is 7.92. The lowest BCUT2D eigenvalue weighted by atomic mass is 9.94. The number of nitrogens with zero attached hydrogens (tertiary/aromatic N) is 2. The highest BCUT2D eigenvalue weighted by Crippen LogP contribution is 2.44. The van der Waals surface area contributed by atoms with Crippen molar-refractivity contribution in [2.45, 2.75) is 77.8 Å². The van der Waals surface area contributed by atoms with Gasteiger partial charge in [0.2, 0.25) is 5.95 Å². The molecule has 2 aromatic carbocycles. The second-order valence-electron chi connectivity index (χ2n) is 9.42. The van der Waals surface area contributed by atoms with Gasteiger partial charge in [-0.05, 0) is 69.9 Å². The predicted molar refractivity (Wildman–Crippen MR) is 131 cm³/mol. The average Bonchev–Trinajstić information content (AvgIpc) is 3.07. The van der Waals surface area contributed by atoms with Gasteiger partial charge < -0.3 is 4.74 Å². The highest BCUT2D eigenvalue weighted by Gasteiger charge is 2.37. The summed E-state index contributed by atoms with van der Waals surface area (Å²) in [6.07, 6.45) is 2.23. The Hall–Kier alpha value is -2.87. The fourth-order valence-corrected chi connectivity index (χ4v) is 6.17. The number of para-hydroxylation sites is 1. The zero-order chi connectivity index (χ0) is 24.1. The third kappa shape index (κ3) is 4.01. The third-order valence-electron chi connectivity index (χ3n) is 6.38. The van der Waals surface area contributed by atoms with E-state index in [0.717, 1.165) is 29.7 Å². The number of rotatable bonds is 6. The van der Waals surface area contributed by atoms with Gasteiger partial charge in [-0.25, -0.2) is 18.1 Å². The minimum atomic E-state index is -4.02. The normalized spacial score (nSPS) is 14.8. The van der Waals surface area contributed by atoms with Crippen molar-refractivity contribution in [2.75, 3.05) is 4.72 Å². The molecule has 0 amide bonds. The molecular formula is C25H31N3O4S. The SMILES string of the molecule is CCCCn1c(NS(=O)(=O)c2c(C)c(C)c3c(c2C)CC(C)(C)O3)nc2ccccc2c1=O. The molecule has 1 aromatic heterocycles. The van der Waals surface area contributed by atoms with Crippen molar-refractivity contribution in [3.63, 3.8) is 0 Å². The van der Waals surface area contributed by atoms with Gasteiger partial charge in [0.1, 0.15) is 11.4 Å². The second-order valence-corrected chi connectivity index (χ2v) is 11.0. The Labute approximate surface area is 194 Å². The molecule has 0 radical (unpaired) electrons. The molecule has 1 aliphatic heterocycles. The Morgan fingerprint density at radius 3 is 2.52 bits per heavy atom. The third-order valence-corrected chi connectivity index (χ3v) is 7.98. The summed E-state index contributed by atoms with van der Waals surface area (Å²) in [5.41, 5.74) is 2.87. The smallest absolute Gasteiger partial charge is 0.264 e. The number of benzene rings is 2. The molecule has 0 unspecified atom stereocenters. The standard InChI is InChI=1S/C25H31N3O4S/c1-7-8-13-28-23(29)18-11-9-10-12-20(18)26-24(28)27-33(30,31)22-16(3)15(2)21-19(17(22)4)14-25(5,6)32-21/h9-12H,7-8,13-14H2,1-6H3,(H,26,27). The number of hydrogen-bond acceptors (Lipinski definition) is 5. The lowest BCUT2D eigenvalue weighted by molar-refractivity contribution is 0.137. The fraction of sp³-hybridized carbons (Fsp3) is 0.440. The van der Waals surface area contributed by atoms with Crippen LogP contribution in [0.4, 0.5) is 5.95 Å². The minimum Gasteiger partial charge on any atom is -0.487 e. The molecule has 0 saturated heterocycles. The molecule has 2 heterocycles. The van der Waals surface area contributed by atoms with E-state index in [0.29, 0.717) is 35.0 Å². The number of hydrogen-bond donors (Lipinski definition) is 1. The number of fused-ring (bicyclic) bond motifs is 2. The molecule has 0 aliphatic carbocycles. The van der Waals surface area contributed by atoms with Gasteiger partial charge in [0.15, 0.2) is 0 Å². The van der Waals surface area contributed by atoms with E-state index in [-0.39, 0.29) is 22.0 Å². The molecule has 0 saturated carbocycles. The first-order chi connectivity index (χ1) is 15.5. The van der Waals surface area contributed by atoms with E-state index in [1.54, 1.807) is 31.2 Å². The van der Waals surface area contributed by atoms with Gasteiger partial charge in [-0.1, -0.05) is 25.5 Å². The van der Waals surface area contributed by atoms with Crippen molar-refractivity contribution < 1.29 is 13.2 Å². The topological polar surface area (TPSA) is 90.3 Å². The summed E-state index contributed by atoms with van der Waals surface area (Å²) in [4.78, 5) is 17.9. The van der Waals surface area contributed by atoms with Gasteiger partial charge in [-0.2, -0.15) is 0 Å². The van der Waals surface area contributed by atoms with Gasteiger partial charge in [0.25, 0.3) is 15.6 Å². The summed E-state index contributed by atoms with van der Waals surface area (Å²) in [6, 6.07) is 6.99. The predicted octanol–water partition coefficient (Wildman–Crippen LogP) is 4.64. The molecule has 1 aliphatic rings. The molecule has 0 spiro atoms. The van der Waals surface area contributed by atoms with Gasteiger partial charge in [-0.15, -0.1) is 0 Å². The van der Waals surface area contributed by atoms with E-state index in [1.165, 1.54) is 4.57 Å². The van der Waals surface area contributed by atoms with Crippen molar-refractivity contribution in [3.8, 4) is 5.75 Å². The average molecular weight is 470 g/mol. The summed E-state index contributed by atoms with van der Waals surface area (Å²) in [5, 5.41) is 0.469. The summed E-state index contributed by atoms with van der Waals surface area (Å²) in [6.45, 7) is 11.9. The van der Waals surface area contributed by atoms with Crippen LogP contribution in [0.2, 0.25) is 0 Å². The molecule has 0 fully saturated rings. The van der Waals surface area contributed by atoms with Gasteiger partial charge >= 0.3 is 0 Å². The molecule has 1 N–H and O–H groups in total. The number of anilines is 1. The molecular weight excluding hydrogens is 438 g/mol. The van der Waals surface area contributed by atoms with Crippen molar-refractivity contribution in [2.24, 2.45) is 0 Å². The van der Waals surface area contributed by atoms with Gasteiger partial charge in [0.05, 0.1) is 15.8 Å². The monoisotopic (exact) mass is 469 g/mol. The Balaban J connectivity index is 1.88. The lowest BCUT2D eigenvalue weighted by Gasteiger charge is -2.20. The molecule has 33 heavy (non-hydrogen) atoms. The van der Waals surface area contributed by atoms with Crippen molar-refractivity contribution >= 4 is 26.9 Å². The van der Waals surface area contributed by atoms with Crippen LogP contribution in [-0.2, 0) is 23.0 Å². The van der Waals surface area contributed by atoms with Crippen LogP contribution in [0.25, 0.3) is 10.9 Å². The molecule has 0 bridgehead atoms. The molecule has 8 heteroatoms. The van der Waals surface area contributed by atoms with Crippen molar-refractivity contribution in [1.82, 2.24) is 9.55 Å². The largest absolute Gasteiger partial charge is 0.487 e. The van der Waals surface area contributed by atoms with E-state index < -0.39 is 10.0 Å². The first kappa shape index (κ1) is 23.3. The number of ether oxygens (including phenoxy) is 1. The zero-order valence-corrected chi connectivity index (χ0v) is 20.9. The Morgan fingerprint density at radius 1 is 1.12 bits per heavy atom. The maximum atomic E-state index is 13.7. The van der Waals surface area contributed by atoms with Crippen LogP contribution in [0.3, 0.4) is 0 Å². The fourth-order valence-electron chi connectivity index (χ4n) is 4.59. The molecule has 0 atom stereocenters. The van der Waals surface area contributed by atoms with Crippen LogP contribution >= 0.6 is 0 Å². The Morgan fingerprint density at radius 2 is 1.82 bits per heavy atom. The van der Waals surface area contributed by atoms with E-state index in [9.17, 15) is 13.2 Å². The number of aromatic nitrogens is 2. The first-order valence-corrected chi connectivity index (χ1v) is 12.8. The zero-order valence-electron chi connectivity index (χ0n) is 20.1. The van der Waals surface area contributed by atoms with E-state index in [4.69, 9.17) is 4.74 Å². The summed E-state index contributed by atoms with van der Waals surface area (Å²) in [5.74, 6) is 0.818. The maximum absolute atomic E-state index is 13.7. The molecule has 7 nitrogen and oxygen atoms in total. The molecule has 4 rings (SSSR count). The summed E-state index contributed by atoms with van der Waals surface area (Å²) in [7, 11) is -4.02. The maximum Gasteiger partial charge on any atom is 0.264 e. The van der Waals surface area contributed by atoms with E-state index in [1.807, 2.05) is 34.6 Å². The second kappa shape index (κ2) is 8.17. The summed E-state index contributed by atoms with van der Waals surface area (Å²) < 4.78 is 37.7. The lowest BCUT2D eigenvalue weighted by Crippen LogP contribution is -2.28. The minimum absolute atomic E-state index is 0.0423.